The van der Waals surface area contributed by atoms with E-state index >= 15 is 0 Å². The molecule has 1 unspecified atom stereocenters. The Morgan fingerprint density at radius 2 is 1.57 bits per heavy atom. The maximum absolute atomic E-state index is 13.4. The zero-order valence-corrected chi connectivity index (χ0v) is 20.7. The highest BCUT2D eigenvalue weighted by atomic mass is 32.2. The molecule has 1 N–H and O–H groups in total. The number of hydrogen-bond donors (Lipinski definition) is 1. The van der Waals surface area contributed by atoms with Gasteiger partial charge >= 0.3 is 5.97 Å². The average Bonchev–Trinajstić information content (AvgIpc) is 3.16. The van der Waals surface area contributed by atoms with Gasteiger partial charge in [0, 0.05) is 6.54 Å². The standard InChI is InChI=1S/C29H30N2O3S/c1-2-3-7-22-10-12-23(13-11-22)20-26-27(32)31(19-18-21-8-5-4-6-9-21)29(35-26)30-25-16-14-24(15-17-25)28(33)34/h4-6,8-17,26H,2-3,7,18-20H2,1H3,(H,33,34). The SMILES string of the molecule is CCCCc1ccc(CC2SC(=Nc3ccc(C(=O)O)cc3)N(CCc3ccccc3)C2=O)cc1. The van der Waals surface area contributed by atoms with Crippen molar-refractivity contribution in [3.63, 3.8) is 0 Å². The summed E-state index contributed by atoms with van der Waals surface area (Å²) >= 11 is 1.49. The molecule has 1 fully saturated rings. The molecule has 0 aromatic heterocycles. The lowest BCUT2D eigenvalue weighted by Crippen LogP contribution is -2.34. The largest absolute Gasteiger partial charge is 0.478 e. The maximum Gasteiger partial charge on any atom is 0.335 e. The molecular weight excluding hydrogens is 456 g/mol. The molecule has 35 heavy (non-hydrogen) atoms. The molecule has 0 spiro atoms. The van der Waals surface area contributed by atoms with Crippen LogP contribution in [-0.2, 0) is 24.1 Å². The highest BCUT2D eigenvalue weighted by Crippen LogP contribution is 2.32. The Hall–Kier alpha value is -3.38. The molecule has 0 saturated carbocycles. The van der Waals surface area contributed by atoms with E-state index in [0.717, 1.165) is 18.4 Å². The lowest BCUT2D eigenvalue weighted by molar-refractivity contribution is -0.126. The monoisotopic (exact) mass is 486 g/mol. The number of carbonyl (C=O) groups excluding carboxylic acids is 1. The number of aromatic carboxylic acids is 1. The molecule has 1 saturated heterocycles. The smallest absolute Gasteiger partial charge is 0.335 e. The summed E-state index contributed by atoms with van der Waals surface area (Å²) in [4.78, 5) is 31.1. The third-order valence-electron chi connectivity index (χ3n) is 6.09. The van der Waals surface area contributed by atoms with Crippen LogP contribution in [0.3, 0.4) is 0 Å². The highest BCUT2D eigenvalue weighted by molar-refractivity contribution is 8.15. The molecule has 3 aromatic rings. The molecule has 1 aliphatic heterocycles. The first-order valence-electron chi connectivity index (χ1n) is 12.1. The first kappa shape index (κ1) is 24.7. The second-order valence-corrected chi connectivity index (χ2v) is 9.87. The summed E-state index contributed by atoms with van der Waals surface area (Å²) in [5.41, 5.74) is 4.49. The summed E-state index contributed by atoms with van der Waals surface area (Å²) in [6, 6.07) is 25.1. The second kappa shape index (κ2) is 11.8. The molecule has 5 nitrogen and oxygen atoms in total. The number of carbonyl (C=O) groups is 2. The Kier molecular flexibility index (Phi) is 8.37. The van der Waals surface area contributed by atoms with Crippen molar-refractivity contribution in [2.45, 2.75) is 44.3 Å². The van der Waals surface area contributed by atoms with Crippen molar-refractivity contribution >= 4 is 34.5 Å². The second-order valence-electron chi connectivity index (χ2n) is 8.70. The van der Waals surface area contributed by atoms with Crippen molar-refractivity contribution in [1.82, 2.24) is 4.90 Å². The number of nitrogens with zero attached hydrogens (tertiary/aromatic N) is 2. The van der Waals surface area contributed by atoms with Crippen molar-refractivity contribution in [2.24, 2.45) is 4.99 Å². The number of unbranched alkanes of at least 4 members (excludes halogenated alkanes) is 1. The van der Waals surface area contributed by atoms with Gasteiger partial charge in [-0.15, -0.1) is 0 Å². The normalized spacial score (nSPS) is 16.7. The predicted octanol–water partition coefficient (Wildman–Crippen LogP) is 6.14. The topological polar surface area (TPSA) is 70.0 Å². The summed E-state index contributed by atoms with van der Waals surface area (Å²) in [7, 11) is 0. The molecule has 180 valence electrons. The van der Waals surface area contributed by atoms with E-state index < -0.39 is 5.97 Å². The van der Waals surface area contributed by atoms with Gasteiger partial charge in [0.25, 0.3) is 0 Å². The number of benzene rings is 3. The van der Waals surface area contributed by atoms with Crippen LogP contribution in [0.5, 0.6) is 0 Å². The van der Waals surface area contributed by atoms with Gasteiger partial charge in [-0.05, 0) is 66.6 Å². The van der Waals surface area contributed by atoms with Crippen molar-refractivity contribution in [2.75, 3.05) is 6.54 Å². The van der Waals surface area contributed by atoms with Crippen molar-refractivity contribution < 1.29 is 14.7 Å². The fraction of sp³-hybridized carbons (Fsp3) is 0.276. The average molecular weight is 487 g/mol. The Morgan fingerprint density at radius 3 is 2.23 bits per heavy atom. The van der Waals surface area contributed by atoms with Crippen LogP contribution in [0, 0.1) is 0 Å². The predicted molar refractivity (Wildman–Crippen MR) is 142 cm³/mol. The van der Waals surface area contributed by atoms with Crippen LogP contribution in [-0.4, -0.2) is 38.8 Å². The summed E-state index contributed by atoms with van der Waals surface area (Å²) in [5.74, 6) is -0.901. The third-order valence-corrected chi connectivity index (χ3v) is 7.26. The van der Waals surface area contributed by atoms with Crippen LogP contribution < -0.4 is 0 Å². The fourth-order valence-electron chi connectivity index (χ4n) is 4.04. The number of carboxylic acids is 1. The van der Waals surface area contributed by atoms with E-state index in [1.165, 1.54) is 47.9 Å². The number of amides is 1. The Bertz CT molecular complexity index is 1170. The van der Waals surface area contributed by atoms with Crippen LogP contribution in [0.4, 0.5) is 5.69 Å². The summed E-state index contributed by atoms with van der Waals surface area (Å²) in [6.07, 6.45) is 4.83. The Labute approximate surface area is 210 Å². The van der Waals surface area contributed by atoms with Crippen molar-refractivity contribution in [1.29, 1.82) is 0 Å². The zero-order valence-electron chi connectivity index (χ0n) is 19.9. The van der Waals surface area contributed by atoms with E-state index in [2.05, 4.69) is 43.3 Å². The molecule has 3 aromatic carbocycles. The molecule has 4 rings (SSSR count). The number of carboxylic acid groups (broad SMARTS) is 1. The lowest BCUT2D eigenvalue weighted by atomic mass is 10.0. The van der Waals surface area contributed by atoms with Gasteiger partial charge < -0.3 is 5.11 Å². The van der Waals surface area contributed by atoms with E-state index in [4.69, 9.17) is 10.1 Å². The molecule has 6 heteroatoms. The number of hydrogen-bond acceptors (Lipinski definition) is 4. The first-order valence-corrected chi connectivity index (χ1v) is 12.9. The fourth-order valence-corrected chi connectivity index (χ4v) is 5.27. The van der Waals surface area contributed by atoms with Gasteiger partial charge in [-0.2, -0.15) is 0 Å². The van der Waals surface area contributed by atoms with Gasteiger partial charge in [0.15, 0.2) is 5.17 Å². The van der Waals surface area contributed by atoms with E-state index in [1.807, 2.05) is 18.2 Å². The van der Waals surface area contributed by atoms with E-state index in [0.29, 0.717) is 23.8 Å². The van der Waals surface area contributed by atoms with Gasteiger partial charge in [0.1, 0.15) is 0 Å². The Morgan fingerprint density at radius 1 is 0.914 bits per heavy atom. The van der Waals surface area contributed by atoms with E-state index in [-0.39, 0.29) is 16.7 Å². The quantitative estimate of drug-likeness (QED) is 0.373. The first-order chi connectivity index (χ1) is 17.0. The molecule has 0 radical (unpaired) electrons. The van der Waals surface area contributed by atoms with E-state index in [9.17, 15) is 9.59 Å². The van der Waals surface area contributed by atoms with Gasteiger partial charge in [-0.3, -0.25) is 9.69 Å². The molecule has 1 atom stereocenters. The minimum Gasteiger partial charge on any atom is -0.478 e. The maximum atomic E-state index is 13.4. The van der Waals surface area contributed by atoms with Gasteiger partial charge in [-0.1, -0.05) is 79.7 Å². The highest BCUT2D eigenvalue weighted by Gasteiger charge is 2.37. The zero-order chi connectivity index (χ0) is 24.6. The Balaban J connectivity index is 1.52. The number of amidine groups is 1. The number of thioether (sulfide) groups is 1. The number of aryl methyl sites for hydroxylation is 1. The summed E-state index contributed by atoms with van der Waals surface area (Å²) in [5, 5.41) is 9.59. The van der Waals surface area contributed by atoms with Crippen LogP contribution >= 0.6 is 11.8 Å². The molecule has 0 aliphatic carbocycles. The molecule has 1 aliphatic rings. The van der Waals surface area contributed by atoms with Crippen LogP contribution in [0.1, 0.15) is 46.8 Å². The molecular formula is C29H30N2O3S. The van der Waals surface area contributed by atoms with Crippen LogP contribution in [0.15, 0.2) is 83.9 Å². The molecule has 0 bridgehead atoms. The summed E-state index contributed by atoms with van der Waals surface area (Å²) < 4.78 is 0. The van der Waals surface area contributed by atoms with Crippen LogP contribution in [0.2, 0.25) is 0 Å². The third kappa shape index (κ3) is 6.61. The van der Waals surface area contributed by atoms with E-state index in [1.54, 1.807) is 17.0 Å². The number of aliphatic imine (C=N–C) groups is 1. The van der Waals surface area contributed by atoms with Gasteiger partial charge in [-0.25, -0.2) is 9.79 Å². The molecule has 1 amide bonds. The minimum atomic E-state index is -0.972. The van der Waals surface area contributed by atoms with Crippen molar-refractivity contribution in [3.05, 3.63) is 101 Å². The lowest BCUT2D eigenvalue weighted by Gasteiger charge is -2.16. The van der Waals surface area contributed by atoms with Crippen molar-refractivity contribution in [3.8, 4) is 0 Å². The van der Waals surface area contributed by atoms with Crippen LogP contribution in [0.25, 0.3) is 0 Å². The number of rotatable bonds is 10. The minimum absolute atomic E-state index is 0.0712. The molecule has 1 heterocycles. The van der Waals surface area contributed by atoms with Gasteiger partial charge in [0.05, 0.1) is 16.5 Å². The summed E-state index contributed by atoms with van der Waals surface area (Å²) in [6.45, 7) is 2.74. The van der Waals surface area contributed by atoms with Gasteiger partial charge in [0.2, 0.25) is 5.91 Å².